The van der Waals surface area contributed by atoms with Gasteiger partial charge in [0.05, 0.1) is 13.1 Å². The van der Waals surface area contributed by atoms with Crippen LogP contribution in [-0.2, 0) is 6.54 Å². The highest BCUT2D eigenvalue weighted by Crippen LogP contribution is 2.20. The Labute approximate surface area is 96.4 Å². The van der Waals surface area contributed by atoms with Crippen molar-refractivity contribution >= 4 is 11.0 Å². The van der Waals surface area contributed by atoms with Crippen molar-refractivity contribution < 1.29 is 17.6 Å². The molecule has 0 unspecified atom stereocenters. The summed E-state index contributed by atoms with van der Waals surface area (Å²) in [5, 5.41) is 3.21. The first-order valence-electron chi connectivity index (χ1n) is 5.20. The number of benzene rings is 1. The van der Waals surface area contributed by atoms with Crippen LogP contribution in [0.25, 0.3) is 11.0 Å². The Kier molecular flexibility index (Phi) is 3.11. The fourth-order valence-corrected chi connectivity index (χ4v) is 1.63. The molecule has 0 saturated heterocycles. The lowest BCUT2D eigenvalue weighted by atomic mass is 10.2. The van der Waals surface area contributed by atoms with Crippen LogP contribution in [0.5, 0.6) is 0 Å². The highest BCUT2D eigenvalue weighted by Gasteiger charge is 2.26. The maximum Gasteiger partial charge on any atom is 0.401 e. The number of alkyl halides is 3. The highest BCUT2D eigenvalue weighted by atomic mass is 19.4. The molecule has 0 aliphatic rings. The number of hydrogen-bond donors (Lipinski definition) is 1. The number of hydrogen-bond acceptors (Lipinski definition) is 2. The fourth-order valence-electron chi connectivity index (χ4n) is 1.63. The summed E-state index contributed by atoms with van der Waals surface area (Å²) in [4.78, 5) is 0. The predicted molar refractivity (Wildman–Crippen MR) is 58.7 cm³/mol. The quantitative estimate of drug-likeness (QED) is 0.893. The zero-order chi connectivity index (χ0) is 12.5. The van der Waals surface area contributed by atoms with Gasteiger partial charge in [0, 0.05) is 5.39 Å². The maximum atomic E-state index is 11.9. The van der Waals surface area contributed by atoms with Gasteiger partial charge in [-0.1, -0.05) is 11.6 Å². The molecule has 0 atom stereocenters. The summed E-state index contributed by atoms with van der Waals surface area (Å²) in [5.41, 5.74) is 1.78. The Morgan fingerprint density at radius 3 is 2.71 bits per heavy atom. The summed E-state index contributed by atoms with van der Waals surface area (Å²) in [5.74, 6) is 0.509. The molecule has 0 amide bonds. The third kappa shape index (κ3) is 3.23. The van der Waals surface area contributed by atoms with Crippen LogP contribution in [0.1, 0.15) is 11.3 Å². The summed E-state index contributed by atoms with van der Waals surface area (Å²) < 4.78 is 41.2. The van der Waals surface area contributed by atoms with E-state index in [9.17, 15) is 13.2 Å². The monoisotopic (exact) mass is 243 g/mol. The molecule has 0 saturated carbocycles. The minimum Gasteiger partial charge on any atom is -0.460 e. The number of nitrogens with one attached hydrogen (secondary N) is 1. The molecule has 2 rings (SSSR count). The first-order valence-corrected chi connectivity index (χ1v) is 5.20. The molecule has 5 heteroatoms. The third-order valence-electron chi connectivity index (χ3n) is 2.35. The largest absolute Gasteiger partial charge is 0.460 e. The zero-order valence-corrected chi connectivity index (χ0v) is 9.27. The molecular weight excluding hydrogens is 231 g/mol. The molecule has 0 bridgehead atoms. The van der Waals surface area contributed by atoms with Crippen LogP contribution < -0.4 is 5.32 Å². The minimum absolute atomic E-state index is 0.0766. The standard InChI is InChI=1S/C12H12F3NO/c1-8-2-3-11-9(4-8)5-10(17-11)6-16-7-12(13,14)15/h2-5,16H,6-7H2,1H3. The molecule has 92 valence electrons. The first-order chi connectivity index (χ1) is 7.94. The van der Waals surface area contributed by atoms with E-state index < -0.39 is 12.7 Å². The number of halogens is 3. The molecule has 0 radical (unpaired) electrons. The van der Waals surface area contributed by atoms with E-state index in [1.807, 2.05) is 25.1 Å². The van der Waals surface area contributed by atoms with Crippen LogP contribution >= 0.6 is 0 Å². The number of aryl methyl sites for hydroxylation is 1. The van der Waals surface area contributed by atoms with E-state index in [1.165, 1.54) is 0 Å². The Bertz CT molecular complexity index is 516. The third-order valence-corrected chi connectivity index (χ3v) is 2.35. The Balaban J connectivity index is 2.05. The average molecular weight is 243 g/mol. The molecule has 2 aromatic rings. The Morgan fingerprint density at radius 2 is 2.00 bits per heavy atom. The van der Waals surface area contributed by atoms with Crippen LogP contribution in [0, 0.1) is 6.92 Å². The van der Waals surface area contributed by atoms with E-state index >= 15 is 0 Å². The Morgan fingerprint density at radius 1 is 1.24 bits per heavy atom. The maximum absolute atomic E-state index is 11.9. The molecule has 0 spiro atoms. The molecule has 1 aromatic carbocycles. The van der Waals surface area contributed by atoms with E-state index in [0.29, 0.717) is 11.3 Å². The van der Waals surface area contributed by atoms with Gasteiger partial charge in [0.2, 0.25) is 0 Å². The number of fused-ring (bicyclic) bond motifs is 1. The smallest absolute Gasteiger partial charge is 0.401 e. The normalized spacial score (nSPS) is 12.2. The van der Waals surface area contributed by atoms with Gasteiger partial charge >= 0.3 is 6.18 Å². The topological polar surface area (TPSA) is 25.2 Å². The van der Waals surface area contributed by atoms with Crippen LogP contribution in [0.4, 0.5) is 13.2 Å². The summed E-state index contributed by atoms with van der Waals surface area (Å²) in [7, 11) is 0. The summed E-state index contributed by atoms with van der Waals surface area (Å²) in [6, 6.07) is 7.41. The Hall–Kier alpha value is -1.49. The first kappa shape index (κ1) is 12.0. The van der Waals surface area contributed by atoms with Gasteiger partial charge in [-0.25, -0.2) is 0 Å². The molecule has 0 fully saturated rings. The van der Waals surface area contributed by atoms with Gasteiger partial charge in [0.1, 0.15) is 11.3 Å². The van der Waals surface area contributed by atoms with Crippen LogP contribution in [-0.4, -0.2) is 12.7 Å². The van der Waals surface area contributed by atoms with Gasteiger partial charge < -0.3 is 9.73 Å². The lowest BCUT2D eigenvalue weighted by molar-refractivity contribution is -0.125. The molecular formula is C12H12F3NO. The lowest BCUT2D eigenvalue weighted by Gasteiger charge is -2.05. The van der Waals surface area contributed by atoms with Crippen LogP contribution in [0.15, 0.2) is 28.7 Å². The fraction of sp³-hybridized carbons (Fsp3) is 0.333. The molecule has 0 aliphatic carbocycles. The van der Waals surface area contributed by atoms with Crippen LogP contribution in [0.3, 0.4) is 0 Å². The predicted octanol–water partition coefficient (Wildman–Crippen LogP) is 3.39. The van der Waals surface area contributed by atoms with E-state index in [1.54, 1.807) is 6.07 Å². The minimum atomic E-state index is -4.19. The van der Waals surface area contributed by atoms with Gasteiger partial charge in [0.25, 0.3) is 0 Å². The second-order valence-electron chi connectivity index (χ2n) is 3.97. The molecule has 0 aliphatic heterocycles. The van der Waals surface area contributed by atoms with Crippen molar-refractivity contribution in [3.63, 3.8) is 0 Å². The van der Waals surface area contributed by atoms with Crippen molar-refractivity contribution in [2.45, 2.75) is 19.6 Å². The second kappa shape index (κ2) is 4.41. The second-order valence-corrected chi connectivity index (χ2v) is 3.97. The van der Waals surface area contributed by atoms with Crippen molar-refractivity contribution in [2.24, 2.45) is 0 Å². The molecule has 1 heterocycles. The average Bonchev–Trinajstić information content (AvgIpc) is 2.57. The van der Waals surface area contributed by atoms with Crippen molar-refractivity contribution in [3.8, 4) is 0 Å². The van der Waals surface area contributed by atoms with E-state index in [-0.39, 0.29) is 6.54 Å². The lowest BCUT2D eigenvalue weighted by Crippen LogP contribution is -2.28. The summed E-state index contributed by atoms with van der Waals surface area (Å²) in [6.07, 6.45) is -4.19. The summed E-state index contributed by atoms with van der Waals surface area (Å²) in [6.45, 7) is 1.02. The van der Waals surface area contributed by atoms with Crippen molar-refractivity contribution in [3.05, 3.63) is 35.6 Å². The summed E-state index contributed by atoms with van der Waals surface area (Å²) >= 11 is 0. The van der Waals surface area contributed by atoms with Gasteiger partial charge in [-0.15, -0.1) is 0 Å². The van der Waals surface area contributed by atoms with Crippen molar-refractivity contribution in [2.75, 3.05) is 6.54 Å². The van der Waals surface area contributed by atoms with Crippen molar-refractivity contribution in [1.29, 1.82) is 0 Å². The van der Waals surface area contributed by atoms with Gasteiger partial charge in [-0.3, -0.25) is 0 Å². The van der Waals surface area contributed by atoms with E-state index in [4.69, 9.17) is 4.42 Å². The SMILES string of the molecule is Cc1ccc2oc(CNCC(F)(F)F)cc2c1. The van der Waals surface area contributed by atoms with Gasteiger partial charge in [0.15, 0.2) is 0 Å². The van der Waals surface area contributed by atoms with Crippen LogP contribution in [0.2, 0.25) is 0 Å². The van der Waals surface area contributed by atoms with E-state index in [0.717, 1.165) is 10.9 Å². The molecule has 1 N–H and O–H groups in total. The van der Waals surface area contributed by atoms with Gasteiger partial charge in [-0.2, -0.15) is 13.2 Å². The molecule has 17 heavy (non-hydrogen) atoms. The van der Waals surface area contributed by atoms with Gasteiger partial charge in [-0.05, 0) is 25.1 Å². The molecule has 1 aromatic heterocycles. The van der Waals surface area contributed by atoms with E-state index in [2.05, 4.69) is 5.32 Å². The number of furan rings is 1. The number of rotatable bonds is 3. The molecule has 2 nitrogen and oxygen atoms in total. The highest BCUT2D eigenvalue weighted by molar-refractivity contribution is 5.78. The zero-order valence-electron chi connectivity index (χ0n) is 9.27. The van der Waals surface area contributed by atoms with Crippen molar-refractivity contribution in [1.82, 2.24) is 5.32 Å².